The lowest BCUT2D eigenvalue weighted by atomic mass is 10.1. The Morgan fingerprint density at radius 1 is 0.938 bits per heavy atom. The van der Waals surface area contributed by atoms with Gasteiger partial charge in [0.1, 0.15) is 19.0 Å². The van der Waals surface area contributed by atoms with Gasteiger partial charge in [-0.1, -0.05) is 40.2 Å². The number of rotatable bonds is 8. The van der Waals surface area contributed by atoms with E-state index >= 15 is 0 Å². The smallest absolute Gasteiger partial charge is 0.363 e. The average molecular weight is 494 g/mol. The van der Waals surface area contributed by atoms with Crippen LogP contribution >= 0.6 is 15.9 Å². The number of benzene rings is 3. The number of cyclic esters (lactones) is 1. The number of methoxy groups -OCH3 is 1. The second kappa shape index (κ2) is 10.2. The minimum absolute atomic E-state index is 0.225. The molecular weight excluding hydrogens is 474 g/mol. The van der Waals surface area contributed by atoms with Gasteiger partial charge in [-0.15, -0.1) is 0 Å². The van der Waals surface area contributed by atoms with Gasteiger partial charge < -0.3 is 18.9 Å². The third kappa shape index (κ3) is 5.36. The standard InChI is InChI=1S/C25H20BrNO5/c1-29-23-16-17(15-21-25(28)32-24(27-21)18-5-3-2-4-6-18)7-12-22(23)31-14-13-30-20-10-8-19(26)9-11-20/h2-12,15-16H,13-14H2,1H3. The van der Waals surface area contributed by atoms with Gasteiger partial charge in [0.25, 0.3) is 0 Å². The van der Waals surface area contributed by atoms with Crippen molar-refractivity contribution in [3.63, 3.8) is 0 Å². The third-order valence-corrected chi connectivity index (χ3v) is 5.08. The Balaban J connectivity index is 1.41. The Bertz CT molecular complexity index is 1160. The minimum atomic E-state index is -0.492. The average Bonchev–Trinajstić information content (AvgIpc) is 3.19. The first-order chi connectivity index (χ1) is 15.6. The summed E-state index contributed by atoms with van der Waals surface area (Å²) in [5.41, 5.74) is 1.71. The molecule has 0 atom stereocenters. The largest absolute Gasteiger partial charge is 0.493 e. The van der Waals surface area contributed by atoms with E-state index in [0.29, 0.717) is 30.6 Å². The maximum atomic E-state index is 12.2. The molecule has 32 heavy (non-hydrogen) atoms. The van der Waals surface area contributed by atoms with Crippen LogP contribution in [0.5, 0.6) is 17.2 Å². The molecule has 0 amide bonds. The lowest BCUT2D eigenvalue weighted by molar-refractivity contribution is -0.129. The molecule has 0 N–H and O–H groups in total. The molecule has 3 aromatic carbocycles. The number of carbonyl (C=O) groups is 1. The van der Waals surface area contributed by atoms with Gasteiger partial charge in [0.15, 0.2) is 17.2 Å². The lowest BCUT2D eigenvalue weighted by Crippen LogP contribution is -2.09. The molecule has 0 saturated heterocycles. The molecule has 1 aliphatic rings. The number of halogens is 1. The summed E-state index contributed by atoms with van der Waals surface area (Å²) in [4.78, 5) is 16.5. The number of hydrogen-bond donors (Lipinski definition) is 0. The van der Waals surface area contributed by atoms with E-state index in [4.69, 9.17) is 18.9 Å². The van der Waals surface area contributed by atoms with Gasteiger partial charge in [0.2, 0.25) is 5.90 Å². The molecule has 0 spiro atoms. The maximum absolute atomic E-state index is 12.2. The summed E-state index contributed by atoms with van der Waals surface area (Å²) in [6.45, 7) is 0.739. The highest BCUT2D eigenvalue weighted by molar-refractivity contribution is 9.10. The van der Waals surface area contributed by atoms with Crippen LogP contribution in [0.2, 0.25) is 0 Å². The third-order valence-electron chi connectivity index (χ3n) is 4.56. The molecule has 4 rings (SSSR count). The van der Waals surface area contributed by atoms with E-state index in [9.17, 15) is 4.79 Å². The van der Waals surface area contributed by atoms with Crippen molar-refractivity contribution in [1.82, 2.24) is 0 Å². The van der Waals surface area contributed by atoms with Crippen LogP contribution in [0.1, 0.15) is 11.1 Å². The van der Waals surface area contributed by atoms with Gasteiger partial charge in [0.05, 0.1) is 7.11 Å². The van der Waals surface area contributed by atoms with Crippen LogP contribution < -0.4 is 14.2 Å². The van der Waals surface area contributed by atoms with Gasteiger partial charge in [-0.25, -0.2) is 9.79 Å². The normalized spacial score (nSPS) is 14.1. The van der Waals surface area contributed by atoms with Crippen molar-refractivity contribution in [1.29, 1.82) is 0 Å². The molecule has 3 aromatic rings. The first-order valence-corrected chi connectivity index (χ1v) is 10.7. The number of ether oxygens (including phenoxy) is 4. The molecule has 162 valence electrons. The predicted molar refractivity (Wildman–Crippen MR) is 125 cm³/mol. The molecule has 0 aliphatic carbocycles. The Kier molecular flexibility index (Phi) is 6.87. The highest BCUT2D eigenvalue weighted by atomic mass is 79.9. The molecular formula is C25H20BrNO5. The minimum Gasteiger partial charge on any atom is -0.493 e. The molecule has 0 radical (unpaired) electrons. The molecule has 0 unspecified atom stereocenters. The van der Waals surface area contributed by atoms with Crippen molar-refractivity contribution in [2.75, 3.05) is 20.3 Å². The van der Waals surface area contributed by atoms with Crippen LogP contribution in [0.25, 0.3) is 6.08 Å². The lowest BCUT2D eigenvalue weighted by Gasteiger charge is -2.12. The summed E-state index contributed by atoms with van der Waals surface area (Å²) in [7, 11) is 1.56. The highest BCUT2D eigenvalue weighted by Crippen LogP contribution is 2.30. The number of carbonyl (C=O) groups excluding carboxylic acids is 1. The van der Waals surface area contributed by atoms with Gasteiger partial charge >= 0.3 is 5.97 Å². The van der Waals surface area contributed by atoms with Crippen molar-refractivity contribution in [2.24, 2.45) is 4.99 Å². The summed E-state index contributed by atoms with van der Waals surface area (Å²) >= 11 is 3.39. The Morgan fingerprint density at radius 3 is 2.44 bits per heavy atom. The molecule has 6 nitrogen and oxygen atoms in total. The Morgan fingerprint density at radius 2 is 1.69 bits per heavy atom. The van der Waals surface area contributed by atoms with E-state index in [1.807, 2.05) is 60.7 Å². The first kappa shape index (κ1) is 21.6. The van der Waals surface area contributed by atoms with Crippen molar-refractivity contribution in [2.45, 2.75) is 0 Å². The second-order valence-corrected chi connectivity index (χ2v) is 7.68. The summed E-state index contributed by atoms with van der Waals surface area (Å²) in [6.07, 6.45) is 1.65. The fourth-order valence-electron chi connectivity index (χ4n) is 3.01. The Hall–Kier alpha value is -3.58. The van der Waals surface area contributed by atoms with Gasteiger partial charge in [-0.05, 0) is 60.2 Å². The zero-order valence-corrected chi connectivity index (χ0v) is 18.9. The zero-order chi connectivity index (χ0) is 22.3. The van der Waals surface area contributed by atoms with Gasteiger partial charge in [-0.3, -0.25) is 0 Å². The van der Waals surface area contributed by atoms with Crippen LogP contribution in [0, 0.1) is 0 Å². The van der Waals surface area contributed by atoms with Crippen LogP contribution in [-0.2, 0) is 9.53 Å². The van der Waals surface area contributed by atoms with E-state index in [0.717, 1.165) is 21.3 Å². The van der Waals surface area contributed by atoms with E-state index in [2.05, 4.69) is 20.9 Å². The summed E-state index contributed by atoms with van der Waals surface area (Å²) in [5.74, 6) is 1.69. The van der Waals surface area contributed by atoms with Crippen molar-refractivity contribution >= 4 is 33.9 Å². The number of hydrogen-bond acceptors (Lipinski definition) is 6. The predicted octanol–water partition coefficient (Wildman–Crippen LogP) is 5.26. The summed E-state index contributed by atoms with van der Waals surface area (Å²) in [5, 5.41) is 0. The summed E-state index contributed by atoms with van der Waals surface area (Å²) in [6, 6.07) is 22.3. The zero-order valence-electron chi connectivity index (χ0n) is 17.3. The maximum Gasteiger partial charge on any atom is 0.363 e. The molecule has 0 fully saturated rings. The van der Waals surface area contributed by atoms with Crippen LogP contribution in [0.4, 0.5) is 0 Å². The molecule has 1 aliphatic heterocycles. The van der Waals surface area contributed by atoms with Crippen LogP contribution in [-0.4, -0.2) is 32.2 Å². The topological polar surface area (TPSA) is 66.4 Å². The highest BCUT2D eigenvalue weighted by Gasteiger charge is 2.24. The van der Waals surface area contributed by atoms with E-state index in [1.54, 1.807) is 25.3 Å². The van der Waals surface area contributed by atoms with Gasteiger partial charge in [-0.2, -0.15) is 0 Å². The number of nitrogens with zero attached hydrogens (tertiary/aromatic N) is 1. The molecule has 1 heterocycles. The monoisotopic (exact) mass is 493 g/mol. The summed E-state index contributed by atoms with van der Waals surface area (Å²) < 4.78 is 23.2. The number of aliphatic imine (C=N–C) groups is 1. The fraction of sp³-hybridized carbons (Fsp3) is 0.120. The van der Waals surface area contributed by atoms with E-state index in [-0.39, 0.29) is 5.70 Å². The second-order valence-electron chi connectivity index (χ2n) is 6.76. The first-order valence-electron chi connectivity index (χ1n) is 9.89. The molecule has 0 saturated carbocycles. The fourth-order valence-corrected chi connectivity index (χ4v) is 3.27. The molecule has 0 aromatic heterocycles. The van der Waals surface area contributed by atoms with Crippen LogP contribution in [0.15, 0.2) is 88.0 Å². The molecule has 7 heteroatoms. The molecule has 0 bridgehead atoms. The van der Waals surface area contributed by atoms with E-state index < -0.39 is 5.97 Å². The quantitative estimate of drug-likeness (QED) is 0.243. The van der Waals surface area contributed by atoms with Crippen molar-refractivity contribution in [3.05, 3.63) is 94.1 Å². The van der Waals surface area contributed by atoms with E-state index in [1.165, 1.54) is 0 Å². The van der Waals surface area contributed by atoms with Crippen LogP contribution in [0.3, 0.4) is 0 Å². The van der Waals surface area contributed by atoms with Gasteiger partial charge in [0, 0.05) is 10.0 Å². The Labute approximate surface area is 194 Å². The number of esters is 1. The van der Waals surface area contributed by atoms with Crippen molar-refractivity contribution in [3.8, 4) is 17.2 Å². The SMILES string of the molecule is COc1cc(C=C2N=C(c3ccccc3)OC2=O)ccc1OCCOc1ccc(Br)cc1. The van der Waals surface area contributed by atoms with Crippen molar-refractivity contribution < 1.29 is 23.7 Å².